The molecule has 2 nitrogen and oxygen atoms in total. The second-order valence-electron chi connectivity index (χ2n) is 4.12. The first-order chi connectivity index (χ1) is 8.70. The molecule has 0 amide bonds. The topological polar surface area (TPSA) is 26.3 Å². The minimum absolute atomic E-state index is 0.0649. The van der Waals surface area contributed by atoms with Crippen LogP contribution in [0.1, 0.15) is 33.5 Å². The van der Waals surface area contributed by atoms with E-state index < -0.39 is 0 Å². The van der Waals surface area contributed by atoms with E-state index in [1.54, 1.807) is 0 Å². The summed E-state index contributed by atoms with van der Waals surface area (Å²) in [6.45, 7) is 4.74. The maximum Gasteiger partial charge on any atom is 0.203 e. The van der Waals surface area contributed by atoms with Crippen molar-refractivity contribution in [3.63, 3.8) is 0 Å². The Morgan fingerprint density at radius 1 is 1.28 bits per heavy atom. The van der Waals surface area contributed by atoms with Gasteiger partial charge in [0.2, 0.25) is 5.78 Å². The predicted octanol–water partition coefficient (Wildman–Crippen LogP) is 4.08. The third kappa shape index (κ3) is 2.99. The van der Waals surface area contributed by atoms with E-state index in [2.05, 4.69) is 6.92 Å². The zero-order chi connectivity index (χ0) is 13.0. The Kier molecular flexibility index (Phi) is 4.15. The van der Waals surface area contributed by atoms with Gasteiger partial charge in [-0.3, -0.25) is 4.79 Å². The van der Waals surface area contributed by atoms with Gasteiger partial charge in [0.25, 0.3) is 0 Å². The van der Waals surface area contributed by atoms with E-state index in [0.29, 0.717) is 12.2 Å². The first-order valence-electron chi connectivity index (χ1n) is 6.04. The fourth-order valence-corrected chi connectivity index (χ4v) is 2.48. The summed E-state index contributed by atoms with van der Waals surface area (Å²) in [5, 5.41) is 0. The lowest BCUT2D eigenvalue weighted by Gasteiger charge is -2.05. The zero-order valence-corrected chi connectivity index (χ0v) is 11.4. The molecule has 2 rings (SSSR count). The van der Waals surface area contributed by atoms with Crippen LogP contribution in [0.3, 0.4) is 0 Å². The third-order valence-electron chi connectivity index (χ3n) is 2.53. The Morgan fingerprint density at radius 2 is 2.11 bits per heavy atom. The number of benzene rings is 1. The van der Waals surface area contributed by atoms with Gasteiger partial charge in [0.05, 0.1) is 11.5 Å². The average Bonchev–Trinajstić information content (AvgIpc) is 2.82. The van der Waals surface area contributed by atoms with E-state index in [0.717, 1.165) is 21.9 Å². The number of hydrogen-bond donors (Lipinski definition) is 0. The van der Waals surface area contributed by atoms with Gasteiger partial charge in [-0.1, -0.05) is 19.1 Å². The predicted molar refractivity (Wildman–Crippen MR) is 74.7 cm³/mol. The van der Waals surface area contributed by atoms with Crippen LogP contribution in [-0.4, -0.2) is 12.4 Å². The van der Waals surface area contributed by atoms with Crippen molar-refractivity contribution in [1.82, 2.24) is 0 Å². The SMILES string of the molecule is CCCOc1cccc(C(=O)c2ccc(C)s2)c1. The molecular formula is C15H16O2S. The Labute approximate surface area is 111 Å². The zero-order valence-electron chi connectivity index (χ0n) is 10.6. The van der Waals surface area contributed by atoms with Crippen LogP contribution in [0, 0.1) is 6.92 Å². The van der Waals surface area contributed by atoms with Crippen molar-refractivity contribution in [1.29, 1.82) is 0 Å². The van der Waals surface area contributed by atoms with E-state index in [-0.39, 0.29) is 5.78 Å². The van der Waals surface area contributed by atoms with E-state index >= 15 is 0 Å². The summed E-state index contributed by atoms with van der Waals surface area (Å²) >= 11 is 1.52. The summed E-state index contributed by atoms with van der Waals surface area (Å²) in [5.41, 5.74) is 0.686. The number of carbonyl (C=O) groups is 1. The van der Waals surface area contributed by atoms with Crippen LogP contribution in [0.15, 0.2) is 36.4 Å². The number of carbonyl (C=O) groups excluding carboxylic acids is 1. The van der Waals surface area contributed by atoms with Gasteiger partial charge in [-0.25, -0.2) is 0 Å². The molecule has 18 heavy (non-hydrogen) atoms. The van der Waals surface area contributed by atoms with Crippen LogP contribution in [0.2, 0.25) is 0 Å². The standard InChI is InChI=1S/C15H16O2S/c1-3-9-17-13-6-4-5-12(10-13)15(16)14-8-7-11(2)18-14/h4-8,10H,3,9H2,1-2H3. The fraction of sp³-hybridized carbons (Fsp3) is 0.267. The molecule has 0 saturated heterocycles. The van der Waals surface area contributed by atoms with Gasteiger partial charge >= 0.3 is 0 Å². The highest BCUT2D eigenvalue weighted by Gasteiger charge is 2.11. The fourth-order valence-electron chi connectivity index (χ4n) is 1.65. The molecule has 3 heteroatoms. The molecule has 1 aromatic heterocycles. The van der Waals surface area contributed by atoms with Crippen molar-refractivity contribution in [3.8, 4) is 5.75 Å². The van der Waals surface area contributed by atoms with E-state index in [1.807, 2.05) is 43.3 Å². The number of ether oxygens (including phenoxy) is 1. The van der Waals surface area contributed by atoms with Gasteiger partial charge in [-0.2, -0.15) is 0 Å². The van der Waals surface area contributed by atoms with E-state index in [4.69, 9.17) is 4.74 Å². The lowest BCUT2D eigenvalue weighted by Crippen LogP contribution is -2.00. The molecule has 0 spiro atoms. The molecule has 0 aliphatic rings. The van der Waals surface area contributed by atoms with Gasteiger partial charge in [-0.05, 0) is 37.6 Å². The number of ketones is 1. The average molecular weight is 260 g/mol. The molecule has 0 N–H and O–H groups in total. The Balaban J connectivity index is 2.20. The lowest BCUT2D eigenvalue weighted by atomic mass is 10.1. The minimum Gasteiger partial charge on any atom is -0.494 e. The molecule has 0 unspecified atom stereocenters. The second-order valence-corrected chi connectivity index (χ2v) is 5.40. The summed E-state index contributed by atoms with van der Waals surface area (Å²) in [4.78, 5) is 14.2. The van der Waals surface area contributed by atoms with Crippen LogP contribution < -0.4 is 4.74 Å². The largest absolute Gasteiger partial charge is 0.494 e. The van der Waals surface area contributed by atoms with E-state index in [9.17, 15) is 4.79 Å². The van der Waals surface area contributed by atoms with Gasteiger partial charge < -0.3 is 4.74 Å². The number of rotatable bonds is 5. The van der Waals surface area contributed by atoms with Crippen LogP contribution in [0.25, 0.3) is 0 Å². The van der Waals surface area contributed by atoms with Crippen LogP contribution in [0.5, 0.6) is 5.75 Å². The van der Waals surface area contributed by atoms with Crippen molar-refractivity contribution in [3.05, 3.63) is 51.7 Å². The van der Waals surface area contributed by atoms with Crippen LogP contribution in [0.4, 0.5) is 0 Å². The van der Waals surface area contributed by atoms with E-state index in [1.165, 1.54) is 11.3 Å². The molecule has 0 fully saturated rings. The molecule has 0 radical (unpaired) electrons. The highest BCUT2D eigenvalue weighted by atomic mass is 32.1. The first-order valence-corrected chi connectivity index (χ1v) is 6.86. The molecule has 0 saturated carbocycles. The summed E-state index contributed by atoms with van der Waals surface area (Å²) in [5.74, 6) is 0.825. The summed E-state index contributed by atoms with van der Waals surface area (Å²) in [6, 6.07) is 11.2. The van der Waals surface area contributed by atoms with Crippen molar-refractivity contribution in [2.75, 3.05) is 6.61 Å². The maximum absolute atomic E-state index is 12.2. The van der Waals surface area contributed by atoms with Crippen molar-refractivity contribution in [2.24, 2.45) is 0 Å². The number of hydrogen-bond acceptors (Lipinski definition) is 3. The van der Waals surface area contributed by atoms with Crippen molar-refractivity contribution >= 4 is 17.1 Å². The van der Waals surface area contributed by atoms with Gasteiger partial charge in [0.15, 0.2) is 0 Å². The molecule has 94 valence electrons. The maximum atomic E-state index is 12.2. The highest BCUT2D eigenvalue weighted by Crippen LogP contribution is 2.21. The van der Waals surface area contributed by atoms with Gasteiger partial charge in [-0.15, -0.1) is 11.3 Å². The molecule has 0 aliphatic heterocycles. The quantitative estimate of drug-likeness (QED) is 0.757. The molecule has 1 heterocycles. The Hall–Kier alpha value is -1.61. The van der Waals surface area contributed by atoms with Gasteiger partial charge in [0.1, 0.15) is 5.75 Å². The molecule has 0 bridgehead atoms. The molecule has 0 aliphatic carbocycles. The van der Waals surface area contributed by atoms with Crippen LogP contribution >= 0.6 is 11.3 Å². The molecule has 1 aromatic carbocycles. The lowest BCUT2D eigenvalue weighted by molar-refractivity contribution is 0.104. The number of thiophene rings is 1. The van der Waals surface area contributed by atoms with Crippen molar-refractivity contribution in [2.45, 2.75) is 20.3 Å². The molecule has 0 atom stereocenters. The summed E-state index contributed by atoms with van der Waals surface area (Å²) in [7, 11) is 0. The van der Waals surface area contributed by atoms with Gasteiger partial charge in [0, 0.05) is 10.4 Å². The molecular weight excluding hydrogens is 244 g/mol. The Morgan fingerprint density at radius 3 is 2.78 bits per heavy atom. The monoisotopic (exact) mass is 260 g/mol. The minimum atomic E-state index is 0.0649. The third-order valence-corrected chi connectivity index (χ3v) is 3.53. The van der Waals surface area contributed by atoms with Crippen LogP contribution in [-0.2, 0) is 0 Å². The second kappa shape index (κ2) is 5.83. The number of aryl methyl sites for hydroxylation is 1. The van der Waals surface area contributed by atoms with Crippen molar-refractivity contribution < 1.29 is 9.53 Å². The summed E-state index contributed by atoms with van der Waals surface area (Å²) < 4.78 is 5.54. The smallest absolute Gasteiger partial charge is 0.203 e. The first kappa shape index (κ1) is 12.8. The molecule has 2 aromatic rings. The highest BCUT2D eigenvalue weighted by molar-refractivity contribution is 7.14. The normalized spacial score (nSPS) is 10.3. The Bertz CT molecular complexity index is 543. The summed E-state index contributed by atoms with van der Waals surface area (Å²) in [6.07, 6.45) is 0.961.